The molecule has 90 heavy (non-hydrogen) atoms. The number of para-hydroxylation sites is 4. The number of aromatic amines is 4. The Kier molecular flexibility index (Phi) is 9.44. The molecule has 0 amide bonds. The monoisotopic (exact) mass is 1150 g/mol. The number of rotatable bonds is 4. The molecule has 0 aliphatic carbocycles. The Morgan fingerprint density at radius 2 is 0.922 bits per heavy atom. The van der Waals surface area contributed by atoms with E-state index in [1.54, 1.807) is 0 Å². The van der Waals surface area contributed by atoms with Gasteiger partial charge in [-0.1, -0.05) is 164 Å². The van der Waals surface area contributed by atoms with E-state index in [0.29, 0.717) is 6.42 Å². The normalized spacial score (nSPS) is 13.3. The summed E-state index contributed by atoms with van der Waals surface area (Å²) in [7, 11) is 0. The van der Waals surface area contributed by atoms with Crippen molar-refractivity contribution in [1.82, 2.24) is 49.8 Å². The molecule has 19 aromatic rings. The minimum Gasteiger partial charge on any atom is -0.357 e. The SMILES string of the molecule is c1ccc(-c2c3cc4cccc(c5ccc6c7c(c8ccc(nc8c6n5)c5cccc6cc2[nH]c65)CC(c2ccc(-c5nc6c8ccc9nc8c8nc(ccc8c6[nH]5)-c5cccc6cc([nH]c56)C(c5ccccc5)c5cc6cccc-9c6[nH]5)cc2)=N7)c4n3)cc1. The van der Waals surface area contributed by atoms with Gasteiger partial charge in [0.25, 0.3) is 0 Å². The number of hydrogen-bond acceptors (Lipinski definition) is 7. The Morgan fingerprint density at radius 1 is 0.333 bits per heavy atom. The van der Waals surface area contributed by atoms with Crippen LogP contribution in [0.1, 0.15) is 34.0 Å². The van der Waals surface area contributed by atoms with Gasteiger partial charge in [0.2, 0.25) is 0 Å². The molecule has 12 heterocycles. The maximum atomic E-state index is 5.58. The van der Waals surface area contributed by atoms with Gasteiger partial charge in [-0.25, -0.2) is 29.9 Å². The molecule has 2 aliphatic rings. The quantitative estimate of drug-likeness (QED) is 0.129. The van der Waals surface area contributed by atoms with Crippen molar-refractivity contribution in [3.05, 3.63) is 259 Å². The Hall–Kier alpha value is -12.2. The van der Waals surface area contributed by atoms with Gasteiger partial charge in [0, 0.05) is 99.4 Å². The van der Waals surface area contributed by atoms with Gasteiger partial charge in [-0.2, -0.15) is 0 Å². The average Bonchev–Trinajstić information content (AvgIpc) is 1.44. The molecule has 416 valence electrons. The van der Waals surface area contributed by atoms with Gasteiger partial charge in [0.15, 0.2) is 0 Å². The molecule has 0 spiro atoms. The molecule has 11 heteroatoms. The number of nitrogens with zero attached hydrogens (tertiary/aromatic N) is 7. The van der Waals surface area contributed by atoms with E-state index in [-0.39, 0.29) is 5.92 Å². The number of H-pyrrole nitrogens is 4. The van der Waals surface area contributed by atoms with E-state index < -0.39 is 0 Å². The molecule has 0 saturated heterocycles. The fourth-order valence-electron chi connectivity index (χ4n) is 15.1. The molecule has 16 bridgehead atoms. The van der Waals surface area contributed by atoms with Crippen LogP contribution < -0.4 is 0 Å². The number of pyridine rings is 4. The van der Waals surface area contributed by atoms with E-state index >= 15 is 0 Å². The molecule has 11 nitrogen and oxygen atoms in total. The first-order chi connectivity index (χ1) is 44.5. The van der Waals surface area contributed by atoms with Crippen LogP contribution in [0.25, 0.3) is 176 Å². The predicted molar refractivity (Wildman–Crippen MR) is 366 cm³/mol. The van der Waals surface area contributed by atoms with Crippen molar-refractivity contribution in [2.45, 2.75) is 12.3 Å². The fourth-order valence-corrected chi connectivity index (χ4v) is 15.1. The highest BCUT2D eigenvalue weighted by molar-refractivity contribution is 6.23. The van der Waals surface area contributed by atoms with Crippen molar-refractivity contribution in [1.29, 1.82) is 0 Å². The van der Waals surface area contributed by atoms with Gasteiger partial charge in [0.05, 0.1) is 100 Å². The summed E-state index contributed by atoms with van der Waals surface area (Å²) in [4.78, 5) is 54.1. The summed E-state index contributed by atoms with van der Waals surface area (Å²) in [5, 5.41) is 10.3. The van der Waals surface area contributed by atoms with E-state index in [2.05, 4.69) is 250 Å². The first-order valence-corrected chi connectivity index (χ1v) is 30.5. The van der Waals surface area contributed by atoms with Crippen LogP contribution in [-0.4, -0.2) is 55.6 Å². The van der Waals surface area contributed by atoms with Gasteiger partial charge >= 0.3 is 0 Å². The highest BCUT2D eigenvalue weighted by Gasteiger charge is 2.28. The minimum absolute atomic E-state index is 0.0675. The third kappa shape index (κ3) is 6.79. The van der Waals surface area contributed by atoms with Gasteiger partial charge in [-0.15, -0.1) is 0 Å². The number of aliphatic imine (C=N–C) groups is 1. The number of aromatic nitrogens is 10. The van der Waals surface area contributed by atoms with Gasteiger partial charge in [-0.05, 0) is 89.0 Å². The van der Waals surface area contributed by atoms with E-state index in [1.807, 2.05) is 0 Å². The molecule has 2 aliphatic heterocycles. The summed E-state index contributed by atoms with van der Waals surface area (Å²) in [6, 6.07) is 82.1. The highest BCUT2D eigenvalue weighted by Crippen LogP contribution is 2.46. The van der Waals surface area contributed by atoms with E-state index in [9.17, 15) is 0 Å². The zero-order chi connectivity index (χ0) is 58.4. The zero-order valence-electron chi connectivity index (χ0n) is 47.9. The van der Waals surface area contributed by atoms with Crippen LogP contribution in [0.3, 0.4) is 0 Å². The van der Waals surface area contributed by atoms with E-state index in [1.165, 1.54) is 5.56 Å². The van der Waals surface area contributed by atoms with Crippen molar-refractivity contribution < 1.29 is 0 Å². The first-order valence-electron chi connectivity index (χ1n) is 30.5. The van der Waals surface area contributed by atoms with E-state index in [0.717, 1.165) is 210 Å². The Labute approximate surface area is 510 Å². The predicted octanol–water partition coefficient (Wildman–Crippen LogP) is 19.0. The maximum Gasteiger partial charge on any atom is 0.138 e. The summed E-state index contributed by atoms with van der Waals surface area (Å²) >= 11 is 0. The summed E-state index contributed by atoms with van der Waals surface area (Å²) in [5.41, 5.74) is 27.0. The van der Waals surface area contributed by atoms with Crippen molar-refractivity contribution in [3.63, 3.8) is 0 Å². The lowest BCUT2D eigenvalue weighted by molar-refractivity contribution is 0.907. The number of imidazole rings is 1. The van der Waals surface area contributed by atoms with Crippen LogP contribution >= 0.6 is 0 Å². The number of hydrogen-bond donors (Lipinski definition) is 4. The van der Waals surface area contributed by atoms with Crippen molar-refractivity contribution in [2.24, 2.45) is 4.99 Å². The molecule has 0 saturated carbocycles. The standard InChI is InChI=1S/C79H45N11/c1-3-11-41(12-4-1)66-62-35-44-15-7-19-49(68(44)85-62)57-31-27-48-56-39-61(84-72(56)53-28-32-58(81-74(53)73(48)80-57)50-20-8-16-45-36-63(66)86-69(45)50)40-23-25-43(26-24-40)79-89-77-54-29-33-59-51-21-9-17-46-37-64(87-70(46)51)67(42-13-5-2-6-14-42)65-38-47-18-10-22-52(71(47)88-65)60-34-30-55(78(77)90-79)76(83-60)75(54)82-59/h1-38,67,85,87-88H,39H2,(H,89,90). The van der Waals surface area contributed by atoms with Crippen molar-refractivity contribution in [2.75, 3.05) is 0 Å². The second kappa shape index (κ2) is 17.7. The number of fused-ring (bicyclic) bond motifs is 18. The Balaban J connectivity index is 0.704. The van der Waals surface area contributed by atoms with Gasteiger partial charge in [0.1, 0.15) is 5.82 Å². The Morgan fingerprint density at radius 3 is 1.67 bits per heavy atom. The largest absolute Gasteiger partial charge is 0.357 e. The second-order valence-electron chi connectivity index (χ2n) is 24.2. The molecular formula is C79H45N11. The molecule has 4 N–H and O–H groups in total. The van der Waals surface area contributed by atoms with Crippen molar-refractivity contribution in [3.8, 4) is 45.0 Å². The molecule has 1 unspecified atom stereocenters. The van der Waals surface area contributed by atoms with Crippen molar-refractivity contribution >= 4 is 142 Å². The molecule has 9 aromatic carbocycles. The Bertz CT molecular complexity index is 6270. The van der Waals surface area contributed by atoms with Gasteiger partial charge in [-0.3, -0.25) is 4.99 Å². The lowest BCUT2D eigenvalue weighted by Gasteiger charge is -2.15. The molecule has 10 aromatic heterocycles. The summed E-state index contributed by atoms with van der Waals surface area (Å²) in [5.74, 6) is 0.691. The average molecular weight is 1150 g/mol. The van der Waals surface area contributed by atoms with Crippen LogP contribution in [-0.2, 0) is 6.42 Å². The highest BCUT2D eigenvalue weighted by atomic mass is 14.9. The van der Waals surface area contributed by atoms with Gasteiger partial charge < -0.3 is 19.9 Å². The van der Waals surface area contributed by atoms with Crippen LogP contribution in [0.4, 0.5) is 5.69 Å². The summed E-state index contributed by atoms with van der Waals surface area (Å²) in [6.45, 7) is 0. The van der Waals surface area contributed by atoms with Crippen LogP contribution in [0.5, 0.6) is 0 Å². The number of benzene rings is 9. The summed E-state index contributed by atoms with van der Waals surface area (Å²) in [6.07, 6.45) is 0.636. The van der Waals surface area contributed by atoms with Crippen LogP contribution in [0.2, 0.25) is 0 Å². The molecule has 0 fully saturated rings. The second-order valence-corrected chi connectivity index (χ2v) is 24.2. The lowest BCUT2D eigenvalue weighted by atomic mass is 9.92. The third-order valence-corrected chi connectivity index (χ3v) is 19.3. The first kappa shape index (κ1) is 48.0. The lowest BCUT2D eigenvalue weighted by Crippen LogP contribution is -2.04. The van der Waals surface area contributed by atoms with Crippen LogP contribution in [0.15, 0.2) is 236 Å². The smallest absolute Gasteiger partial charge is 0.138 e. The van der Waals surface area contributed by atoms with E-state index in [4.69, 9.17) is 34.9 Å². The molecule has 1 atom stereocenters. The summed E-state index contributed by atoms with van der Waals surface area (Å²) < 4.78 is 0. The molecular weight excluding hydrogens is 1100 g/mol. The maximum absolute atomic E-state index is 5.58. The topological polar surface area (TPSA) is 153 Å². The third-order valence-electron chi connectivity index (χ3n) is 19.3. The molecule has 21 rings (SSSR count). The fraction of sp³-hybridized carbons (Fsp3) is 0.0253. The zero-order valence-corrected chi connectivity index (χ0v) is 47.9. The minimum atomic E-state index is -0.0675. The number of nitrogens with one attached hydrogen (secondary N) is 4. The van der Waals surface area contributed by atoms with Crippen LogP contribution in [0, 0.1) is 0 Å². The molecule has 0 radical (unpaired) electrons.